The van der Waals surface area contributed by atoms with Crippen molar-refractivity contribution in [1.29, 1.82) is 0 Å². The van der Waals surface area contributed by atoms with Gasteiger partial charge in [0.25, 0.3) is 11.6 Å². The Labute approximate surface area is 121 Å². The molecule has 1 amide bonds. The first kappa shape index (κ1) is 14.1. The minimum Gasteiger partial charge on any atom is -0.319 e. The second kappa shape index (κ2) is 5.79. The molecule has 0 bridgehead atoms. The molecule has 5 nitrogen and oxygen atoms in total. The number of non-ortho nitro benzene ring substituents is 1. The van der Waals surface area contributed by atoms with Crippen molar-refractivity contribution in [3.8, 4) is 0 Å². The summed E-state index contributed by atoms with van der Waals surface area (Å²) in [6.45, 7) is 0. The molecule has 2 rings (SSSR count). The van der Waals surface area contributed by atoms with Crippen LogP contribution in [-0.2, 0) is 0 Å². The monoisotopic (exact) mass is 338 g/mol. The second-order valence-electron chi connectivity index (χ2n) is 3.86. The number of hydrogen-bond donors (Lipinski definition) is 1. The molecular formula is C13H8BrFN2O3. The number of nitro groups is 1. The molecule has 0 aromatic heterocycles. The first-order chi connectivity index (χ1) is 9.49. The predicted molar refractivity (Wildman–Crippen MR) is 75.1 cm³/mol. The number of nitrogens with zero attached hydrogens (tertiary/aromatic N) is 1. The first-order valence-corrected chi connectivity index (χ1v) is 6.28. The normalized spacial score (nSPS) is 10.1. The van der Waals surface area contributed by atoms with Gasteiger partial charge in [0.2, 0.25) is 0 Å². The van der Waals surface area contributed by atoms with Crippen LogP contribution in [0, 0.1) is 15.9 Å². The largest absolute Gasteiger partial charge is 0.319 e. The van der Waals surface area contributed by atoms with E-state index in [1.165, 1.54) is 0 Å². The first-order valence-electron chi connectivity index (χ1n) is 5.49. The van der Waals surface area contributed by atoms with Crippen LogP contribution in [0.3, 0.4) is 0 Å². The third-order valence-electron chi connectivity index (χ3n) is 2.53. The number of nitro benzene ring substituents is 1. The average Bonchev–Trinajstić information content (AvgIpc) is 2.41. The van der Waals surface area contributed by atoms with Gasteiger partial charge < -0.3 is 5.32 Å². The molecule has 102 valence electrons. The molecule has 0 saturated heterocycles. The van der Waals surface area contributed by atoms with Crippen LogP contribution >= 0.6 is 15.9 Å². The number of carbonyl (C=O) groups excluding carboxylic acids is 1. The fourth-order valence-corrected chi connectivity index (χ4v) is 2.02. The highest BCUT2D eigenvalue weighted by atomic mass is 79.9. The molecule has 0 heterocycles. The third kappa shape index (κ3) is 3.00. The van der Waals surface area contributed by atoms with E-state index >= 15 is 0 Å². The topological polar surface area (TPSA) is 72.2 Å². The van der Waals surface area contributed by atoms with Crippen LogP contribution in [-0.4, -0.2) is 10.8 Å². The maximum Gasteiger partial charge on any atom is 0.272 e. The van der Waals surface area contributed by atoms with E-state index in [1.807, 2.05) is 0 Å². The third-order valence-corrected chi connectivity index (χ3v) is 3.22. The molecule has 0 aliphatic heterocycles. The SMILES string of the molecule is O=C(Nc1ccc([N+](=O)[O-])cc1F)c1ccccc1Br. The molecule has 0 aliphatic rings. The minimum absolute atomic E-state index is 0.114. The van der Waals surface area contributed by atoms with Crippen molar-refractivity contribution in [3.63, 3.8) is 0 Å². The molecule has 2 aromatic carbocycles. The summed E-state index contributed by atoms with van der Waals surface area (Å²) in [5.74, 6) is -1.37. The van der Waals surface area contributed by atoms with E-state index in [4.69, 9.17) is 0 Å². The van der Waals surface area contributed by atoms with Gasteiger partial charge >= 0.3 is 0 Å². The number of amides is 1. The van der Waals surface area contributed by atoms with Crippen LogP contribution in [0.5, 0.6) is 0 Å². The van der Waals surface area contributed by atoms with Crippen LogP contribution in [0.1, 0.15) is 10.4 Å². The van der Waals surface area contributed by atoms with E-state index in [9.17, 15) is 19.3 Å². The summed E-state index contributed by atoms with van der Waals surface area (Å²) in [5, 5.41) is 12.9. The summed E-state index contributed by atoms with van der Waals surface area (Å²) in [5.41, 5.74) is -0.150. The van der Waals surface area contributed by atoms with E-state index in [1.54, 1.807) is 24.3 Å². The fourth-order valence-electron chi connectivity index (χ4n) is 1.55. The molecule has 0 unspecified atom stereocenters. The number of benzene rings is 2. The Balaban J connectivity index is 2.25. The molecule has 1 N–H and O–H groups in total. The zero-order valence-electron chi connectivity index (χ0n) is 9.97. The molecule has 20 heavy (non-hydrogen) atoms. The summed E-state index contributed by atoms with van der Waals surface area (Å²) < 4.78 is 14.2. The summed E-state index contributed by atoms with van der Waals surface area (Å²) in [6, 6.07) is 9.71. The number of halogens is 2. The Morgan fingerprint density at radius 2 is 1.95 bits per heavy atom. The van der Waals surface area contributed by atoms with Crippen molar-refractivity contribution in [2.45, 2.75) is 0 Å². The molecule has 0 radical (unpaired) electrons. The van der Waals surface area contributed by atoms with Crippen LogP contribution < -0.4 is 5.32 Å². The quantitative estimate of drug-likeness (QED) is 0.684. The number of carbonyl (C=O) groups is 1. The summed E-state index contributed by atoms with van der Waals surface area (Å²) in [7, 11) is 0. The molecule has 0 atom stereocenters. The van der Waals surface area contributed by atoms with Crippen molar-refractivity contribution >= 4 is 33.2 Å². The minimum atomic E-state index is -0.861. The van der Waals surface area contributed by atoms with Crippen molar-refractivity contribution in [1.82, 2.24) is 0 Å². The second-order valence-corrected chi connectivity index (χ2v) is 4.71. The lowest BCUT2D eigenvalue weighted by Gasteiger charge is -2.07. The number of hydrogen-bond acceptors (Lipinski definition) is 3. The van der Waals surface area contributed by atoms with E-state index in [0.717, 1.165) is 18.2 Å². The zero-order chi connectivity index (χ0) is 14.7. The highest BCUT2D eigenvalue weighted by Gasteiger charge is 2.14. The molecule has 0 fully saturated rings. The molecule has 2 aromatic rings. The Hall–Kier alpha value is -2.28. The zero-order valence-corrected chi connectivity index (χ0v) is 11.6. The van der Waals surface area contributed by atoms with Gasteiger partial charge in [0, 0.05) is 10.5 Å². The highest BCUT2D eigenvalue weighted by Crippen LogP contribution is 2.22. The van der Waals surface area contributed by atoms with E-state index < -0.39 is 16.6 Å². The van der Waals surface area contributed by atoms with Gasteiger partial charge in [-0.3, -0.25) is 14.9 Å². The van der Waals surface area contributed by atoms with Gasteiger partial charge in [-0.15, -0.1) is 0 Å². The predicted octanol–water partition coefficient (Wildman–Crippen LogP) is 3.75. The van der Waals surface area contributed by atoms with Crippen molar-refractivity contribution in [2.75, 3.05) is 5.32 Å². The van der Waals surface area contributed by atoms with E-state index in [-0.39, 0.29) is 11.4 Å². The van der Waals surface area contributed by atoms with Crippen molar-refractivity contribution in [2.24, 2.45) is 0 Å². The van der Waals surface area contributed by atoms with E-state index in [2.05, 4.69) is 21.2 Å². The van der Waals surface area contributed by atoms with Gasteiger partial charge in [-0.25, -0.2) is 4.39 Å². The van der Waals surface area contributed by atoms with Gasteiger partial charge in [0.15, 0.2) is 5.82 Å². The fraction of sp³-hybridized carbons (Fsp3) is 0. The maximum atomic E-state index is 13.7. The lowest BCUT2D eigenvalue weighted by molar-refractivity contribution is -0.385. The summed E-state index contributed by atoms with van der Waals surface area (Å²) in [4.78, 5) is 21.8. The van der Waals surface area contributed by atoms with Gasteiger partial charge in [-0.2, -0.15) is 0 Å². The smallest absolute Gasteiger partial charge is 0.272 e. The Kier molecular flexibility index (Phi) is 4.09. The van der Waals surface area contributed by atoms with Crippen LogP contribution in [0.15, 0.2) is 46.9 Å². The van der Waals surface area contributed by atoms with Gasteiger partial charge in [0.05, 0.1) is 22.2 Å². The Morgan fingerprint density at radius 3 is 2.55 bits per heavy atom. The maximum absolute atomic E-state index is 13.7. The molecule has 0 aliphatic carbocycles. The van der Waals surface area contributed by atoms with Crippen LogP contribution in [0.2, 0.25) is 0 Å². The Bertz CT molecular complexity index is 691. The molecule has 7 heteroatoms. The van der Waals surface area contributed by atoms with Crippen molar-refractivity contribution < 1.29 is 14.1 Å². The summed E-state index contributed by atoms with van der Waals surface area (Å²) >= 11 is 3.22. The van der Waals surface area contributed by atoms with Gasteiger partial charge in [-0.05, 0) is 34.1 Å². The lowest BCUT2D eigenvalue weighted by atomic mass is 10.2. The van der Waals surface area contributed by atoms with Crippen LogP contribution in [0.25, 0.3) is 0 Å². The van der Waals surface area contributed by atoms with E-state index in [0.29, 0.717) is 10.0 Å². The molecular weight excluding hydrogens is 331 g/mol. The number of rotatable bonds is 3. The van der Waals surface area contributed by atoms with Crippen LogP contribution in [0.4, 0.5) is 15.8 Å². The highest BCUT2D eigenvalue weighted by molar-refractivity contribution is 9.10. The van der Waals surface area contributed by atoms with Gasteiger partial charge in [-0.1, -0.05) is 12.1 Å². The van der Waals surface area contributed by atoms with Crippen molar-refractivity contribution in [3.05, 3.63) is 68.4 Å². The molecule has 0 spiro atoms. The average molecular weight is 339 g/mol. The number of anilines is 1. The van der Waals surface area contributed by atoms with Gasteiger partial charge in [0.1, 0.15) is 0 Å². The number of nitrogens with one attached hydrogen (secondary N) is 1. The lowest BCUT2D eigenvalue weighted by Crippen LogP contribution is -2.13. The standard InChI is InChI=1S/C13H8BrFN2O3/c14-10-4-2-1-3-9(10)13(18)16-12-6-5-8(17(19)20)7-11(12)15/h1-7H,(H,16,18). The molecule has 0 saturated carbocycles. The Morgan fingerprint density at radius 1 is 1.25 bits per heavy atom. The summed E-state index contributed by atoms with van der Waals surface area (Å²) in [6.07, 6.45) is 0.